The van der Waals surface area contributed by atoms with Crippen molar-refractivity contribution in [2.45, 2.75) is 167 Å². The van der Waals surface area contributed by atoms with Gasteiger partial charge in [0.25, 0.3) is 0 Å². The van der Waals surface area contributed by atoms with E-state index < -0.39 is 0 Å². The zero-order chi connectivity index (χ0) is 24.2. The SMILES string of the molecule is CCCCCCCCCCCCC1NCNC(CCO)N1.Cl.Cl.[CH2-]CCCCCCCCCCC.[Cr]. The van der Waals surface area contributed by atoms with E-state index in [9.17, 15) is 0 Å². The Morgan fingerprint density at radius 2 is 0.944 bits per heavy atom. The molecule has 1 aliphatic rings. The van der Waals surface area contributed by atoms with Gasteiger partial charge in [-0.1, -0.05) is 136 Å². The summed E-state index contributed by atoms with van der Waals surface area (Å²) in [6, 6.07) is 0. The van der Waals surface area contributed by atoms with E-state index in [0.29, 0.717) is 6.17 Å². The molecule has 0 spiro atoms. The van der Waals surface area contributed by atoms with Crippen molar-refractivity contribution in [2.24, 2.45) is 0 Å². The van der Waals surface area contributed by atoms with E-state index in [4.69, 9.17) is 5.11 Å². The second kappa shape index (κ2) is 38.1. The minimum absolute atomic E-state index is 0. The van der Waals surface area contributed by atoms with Gasteiger partial charge in [0.15, 0.2) is 0 Å². The van der Waals surface area contributed by atoms with Crippen LogP contribution in [0.15, 0.2) is 0 Å². The van der Waals surface area contributed by atoms with Gasteiger partial charge in [0.2, 0.25) is 0 Å². The van der Waals surface area contributed by atoms with Gasteiger partial charge >= 0.3 is 0 Å². The molecule has 2 atom stereocenters. The quantitative estimate of drug-likeness (QED) is 0.0750. The smallest absolute Gasteiger partial charge is 0.0615 e. The Morgan fingerprint density at radius 3 is 1.33 bits per heavy atom. The van der Waals surface area contributed by atoms with Crippen molar-refractivity contribution in [2.75, 3.05) is 13.3 Å². The largest absolute Gasteiger partial charge is 0.396 e. The third-order valence-corrected chi connectivity index (χ3v) is 6.72. The van der Waals surface area contributed by atoms with E-state index in [0.717, 1.165) is 19.5 Å². The normalized spacial score (nSPS) is 16.7. The number of halogens is 2. The minimum atomic E-state index is 0. The van der Waals surface area contributed by atoms with Crippen molar-refractivity contribution in [3.8, 4) is 0 Å². The molecule has 1 heterocycles. The van der Waals surface area contributed by atoms with Crippen molar-refractivity contribution in [3.63, 3.8) is 0 Å². The van der Waals surface area contributed by atoms with Crippen molar-refractivity contribution < 1.29 is 22.5 Å². The van der Waals surface area contributed by atoms with Crippen LogP contribution in [0.25, 0.3) is 0 Å². The molecule has 0 bridgehead atoms. The number of hydrogen-bond donors (Lipinski definition) is 4. The molecule has 7 heteroatoms. The van der Waals surface area contributed by atoms with Crippen molar-refractivity contribution in [1.82, 2.24) is 16.0 Å². The summed E-state index contributed by atoms with van der Waals surface area (Å²) >= 11 is 0. The number of rotatable bonds is 22. The Kier molecular flexibility index (Phi) is 46.6. The van der Waals surface area contributed by atoms with Gasteiger partial charge in [0.05, 0.1) is 12.3 Å². The summed E-state index contributed by atoms with van der Waals surface area (Å²) in [5, 5.41) is 19.2. The maximum absolute atomic E-state index is 8.97. The third-order valence-electron chi connectivity index (χ3n) is 6.72. The molecule has 1 fully saturated rings. The molecule has 1 aliphatic heterocycles. The summed E-state index contributed by atoms with van der Waals surface area (Å²) < 4.78 is 0. The Labute approximate surface area is 250 Å². The molecular weight excluding hydrogens is 529 g/mol. The molecule has 0 radical (unpaired) electrons. The molecule has 222 valence electrons. The van der Waals surface area contributed by atoms with Gasteiger partial charge in [0, 0.05) is 30.6 Å². The summed E-state index contributed by atoms with van der Waals surface area (Å²) in [6.07, 6.45) is 30.5. The molecule has 4 nitrogen and oxygen atoms in total. The van der Waals surface area contributed by atoms with Crippen LogP contribution in [0.5, 0.6) is 0 Å². The Bertz CT molecular complexity index is 359. The fourth-order valence-corrected chi connectivity index (χ4v) is 4.49. The maximum Gasteiger partial charge on any atom is 0.0615 e. The first-order valence-electron chi connectivity index (χ1n) is 14.9. The molecule has 1 saturated heterocycles. The van der Waals surface area contributed by atoms with Crippen LogP contribution in [0, 0.1) is 6.92 Å². The van der Waals surface area contributed by atoms with Crippen LogP contribution >= 0.6 is 24.8 Å². The number of unbranched alkanes of at least 4 members (excludes halogenated alkanes) is 18. The van der Waals surface area contributed by atoms with E-state index in [1.807, 2.05) is 0 Å². The first kappa shape index (κ1) is 44.0. The Morgan fingerprint density at radius 1 is 0.583 bits per heavy atom. The van der Waals surface area contributed by atoms with E-state index in [-0.39, 0.29) is 54.9 Å². The molecule has 36 heavy (non-hydrogen) atoms. The summed E-state index contributed by atoms with van der Waals surface area (Å²) in [5.41, 5.74) is 0. The molecule has 0 aromatic carbocycles. The number of hydrogen-bond acceptors (Lipinski definition) is 4. The molecule has 0 saturated carbocycles. The summed E-state index contributed by atoms with van der Waals surface area (Å²) in [7, 11) is 0. The minimum Gasteiger partial charge on any atom is -0.396 e. The molecule has 0 amide bonds. The van der Waals surface area contributed by atoms with Crippen LogP contribution in [0.4, 0.5) is 0 Å². The number of aliphatic hydroxyl groups is 1. The standard InChI is InChI=1S/C17H37N3O.C12H25.2ClH.Cr/c1-2-3-4-5-6-7-8-9-10-11-12-16-18-15-19-17(20-16)13-14-21;1-3-5-7-9-11-12-10-8-6-4-2;;;/h16-21H,2-15H2,1H3;1,3-12H2,2H3;2*1H;/q;-1;;;. The van der Waals surface area contributed by atoms with Crippen LogP contribution in [0.1, 0.15) is 155 Å². The fraction of sp³-hybridized carbons (Fsp3) is 0.966. The molecule has 4 N–H and O–H groups in total. The van der Waals surface area contributed by atoms with E-state index >= 15 is 0 Å². The monoisotopic (exact) mass is 592 g/mol. The first-order valence-corrected chi connectivity index (χ1v) is 14.9. The average molecular weight is 594 g/mol. The number of nitrogens with one attached hydrogen (secondary N) is 3. The maximum atomic E-state index is 8.97. The van der Waals surface area contributed by atoms with Crippen LogP contribution in [-0.2, 0) is 17.4 Å². The summed E-state index contributed by atoms with van der Waals surface area (Å²) in [4.78, 5) is 0. The predicted octanol–water partition coefficient (Wildman–Crippen LogP) is 8.65. The molecule has 1 rings (SSSR count). The molecule has 0 aromatic heterocycles. The molecule has 0 aliphatic carbocycles. The summed E-state index contributed by atoms with van der Waals surface area (Å²) in [6.45, 7) is 9.48. The van der Waals surface area contributed by atoms with Crippen molar-refractivity contribution >= 4 is 24.8 Å². The van der Waals surface area contributed by atoms with Crippen LogP contribution in [-0.4, -0.2) is 30.7 Å². The first-order chi connectivity index (χ1) is 16.3. The number of aliphatic hydroxyl groups excluding tert-OH is 1. The Hall–Kier alpha value is 0.952. The van der Waals surface area contributed by atoms with Gasteiger partial charge in [-0.05, 0) is 12.8 Å². The van der Waals surface area contributed by atoms with Crippen LogP contribution in [0.2, 0.25) is 0 Å². The van der Waals surface area contributed by atoms with Crippen molar-refractivity contribution in [1.29, 1.82) is 0 Å². The fourth-order valence-electron chi connectivity index (χ4n) is 4.49. The van der Waals surface area contributed by atoms with Gasteiger partial charge in [-0.25, -0.2) is 0 Å². The van der Waals surface area contributed by atoms with Crippen molar-refractivity contribution in [3.05, 3.63) is 6.92 Å². The summed E-state index contributed by atoms with van der Waals surface area (Å²) in [5.74, 6) is 0. The van der Waals surface area contributed by atoms with E-state index in [2.05, 4.69) is 36.7 Å². The van der Waals surface area contributed by atoms with Gasteiger partial charge in [-0.15, -0.1) is 24.8 Å². The van der Waals surface area contributed by atoms with Gasteiger partial charge < -0.3 is 12.0 Å². The van der Waals surface area contributed by atoms with Crippen LogP contribution < -0.4 is 16.0 Å². The second-order valence-corrected chi connectivity index (χ2v) is 10.0. The molecule has 0 aromatic rings. The predicted molar refractivity (Wildman–Crippen MR) is 162 cm³/mol. The van der Waals surface area contributed by atoms with Crippen LogP contribution in [0.3, 0.4) is 0 Å². The van der Waals surface area contributed by atoms with E-state index in [1.165, 1.54) is 128 Å². The topological polar surface area (TPSA) is 56.3 Å². The zero-order valence-electron chi connectivity index (χ0n) is 24.0. The van der Waals surface area contributed by atoms with Gasteiger partial charge in [0.1, 0.15) is 0 Å². The second-order valence-electron chi connectivity index (χ2n) is 10.0. The Balaban J connectivity index is -0.000000297. The average Bonchev–Trinajstić information content (AvgIpc) is 2.83. The molecular formula is C29H64Cl2CrN3O-. The van der Waals surface area contributed by atoms with Gasteiger partial charge in [-0.2, -0.15) is 6.42 Å². The van der Waals surface area contributed by atoms with E-state index in [1.54, 1.807) is 0 Å². The third kappa shape index (κ3) is 33.0. The molecule has 2 unspecified atom stereocenters. The zero-order valence-corrected chi connectivity index (χ0v) is 26.9. The van der Waals surface area contributed by atoms with Gasteiger partial charge in [-0.3, -0.25) is 16.0 Å².